The Morgan fingerprint density at radius 1 is 1.36 bits per heavy atom. The maximum Gasteiger partial charge on any atom is 0.246 e. The lowest BCUT2D eigenvalue weighted by molar-refractivity contribution is -0.120. The van der Waals surface area contributed by atoms with Crippen molar-refractivity contribution in [3.05, 3.63) is 12.4 Å². The van der Waals surface area contributed by atoms with E-state index in [0.717, 1.165) is 12.1 Å². The third-order valence-electron chi connectivity index (χ3n) is 5.00. The minimum atomic E-state index is -3.13. The average Bonchev–Trinajstić information content (AvgIpc) is 3.24. The summed E-state index contributed by atoms with van der Waals surface area (Å²) in [5.41, 5.74) is 0.803. The number of aliphatic imine (C=N–C) groups is 1. The van der Waals surface area contributed by atoms with E-state index in [2.05, 4.69) is 15.4 Å². The van der Waals surface area contributed by atoms with Crippen molar-refractivity contribution in [2.45, 2.75) is 6.42 Å². The largest absolute Gasteiger partial charge is 0.356 e. The number of hydrogen-bond acceptors (Lipinski definition) is 5. The van der Waals surface area contributed by atoms with Crippen LogP contribution in [0.25, 0.3) is 0 Å². The quantitative estimate of drug-likeness (QED) is 0.325. The first kappa shape index (κ1) is 22.9. The molecule has 0 spiro atoms. The van der Waals surface area contributed by atoms with Crippen LogP contribution >= 0.6 is 24.0 Å². The van der Waals surface area contributed by atoms with Gasteiger partial charge in [0.1, 0.15) is 6.54 Å². The summed E-state index contributed by atoms with van der Waals surface area (Å²) in [5, 5.41) is 7.42. The molecule has 3 rings (SSSR count). The fourth-order valence-corrected chi connectivity index (χ4v) is 4.43. The molecule has 10 nitrogen and oxygen atoms in total. The van der Waals surface area contributed by atoms with Crippen LogP contribution in [0, 0.1) is 5.92 Å². The highest BCUT2D eigenvalue weighted by Crippen LogP contribution is 2.19. The number of amides is 1. The first-order chi connectivity index (χ1) is 12.8. The molecule has 1 unspecified atom stereocenters. The molecule has 0 radical (unpaired) electrons. The van der Waals surface area contributed by atoms with Crippen LogP contribution in [0.2, 0.25) is 0 Å². The molecule has 3 heterocycles. The zero-order valence-electron chi connectivity index (χ0n) is 16.4. The van der Waals surface area contributed by atoms with Gasteiger partial charge in [0.15, 0.2) is 5.96 Å². The average molecular weight is 525 g/mol. The monoisotopic (exact) mass is 525 g/mol. The molecule has 2 aliphatic rings. The summed E-state index contributed by atoms with van der Waals surface area (Å²) in [6, 6.07) is 0. The summed E-state index contributed by atoms with van der Waals surface area (Å²) >= 11 is 0. The number of aryl methyl sites for hydroxylation is 1. The fourth-order valence-electron chi connectivity index (χ4n) is 3.51. The number of halogens is 1. The molecule has 0 saturated carbocycles. The maximum absolute atomic E-state index is 12.5. The summed E-state index contributed by atoms with van der Waals surface area (Å²) in [7, 11) is 0.385. The molecule has 158 valence electrons. The second kappa shape index (κ2) is 9.39. The van der Waals surface area contributed by atoms with E-state index in [0.29, 0.717) is 38.7 Å². The number of sulfonamides is 1. The molecule has 2 aliphatic heterocycles. The number of anilines is 1. The number of rotatable bonds is 4. The van der Waals surface area contributed by atoms with Crippen LogP contribution in [-0.2, 0) is 21.9 Å². The minimum Gasteiger partial charge on any atom is -0.356 e. The summed E-state index contributed by atoms with van der Waals surface area (Å²) in [4.78, 5) is 20.5. The molecule has 1 amide bonds. The molecular weight excluding hydrogens is 497 g/mol. The third-order valence-corrected chi connectivity index (χ3v) is 6.27. The van der Waals surface area contributed by atoms with Gasteiger partial charge in [-0.1, -0.05) is 0 Å². The first-order valence-electron chi connectivity index (χ1n) is 8.97. The Labute approximate surface area is 183 Å². The van der Waals surface area contributed by atoms with Gasteiger partial charge in [-0.3, -0.25) is 14.5 Å². The van der Waals surface area contributed by atoms with Gasteiger partial charge in [0.25, 0.3) is 0 Å². The standard InChI is InChI=1S/C16H27N7O3S.HI/c1-17-16(18-8-13-4-5-22(10-13)27(3,25)26)21-6-7-23(15(24)12-21)14-9-19-20(2)11-14;/h9,11,13H,4-8,10,12H2,1-3H3,(H,17,18);1H. The lowest BCUT2D eigenvalue weighted by atomic mass is 10.1. The van der Waals surface area contributed by atoms with Crippen molar-refractivity contribution < 1.29 is 13.2 Å². The Hall–Kier alpha value is -1.41. The van der Waals surface area contributed by atoms with Crippen LogP contribution < -0.4 is 10.2 Å². The summed E-state index contributed by atoms with van der Waals surface area (Å²) < 4.78 is 26.5. The predicted octanol–water partition coefficient (Wildman–Crippen LogP) is -0.456. The van der Waals surface area contributed by atoms with E-state index in [4.69, 9.17) is 0 Å². The van der Waals surface area contributed by atoms with E-state index in [9.17, 15) is 13.2 Å². The van der Waals surface area contributed by atoms with Crippen molar-refractivity contribution in [1.29, 1.82) is 0 Å². The number of carbonyl (C=O) groups is 1. The highest BCUT2D eigenvalue weighted by atomic mass is 127. The highest BCUT2D eigenvalue weighted by molar-refractivity contribution is 14.0. The van der Waals surface area contributed by atoms with E-state index < -0.39 is 10.0 Å². The third kappa shape index (κ3) is 5.35. The van der Waals surface area contributed by atoms with E-state index in [-0.39, 0.29) is 42.3 Å². The van der Waals surface area contributed by atoms with E-state index in [1.54, 1.807) is 22.8 Å². The van der Waals surface area contributed by atoms with Gasteiger partial charge in [0.2, 0.25) is 15.9 Å². The fraction of sp³-hybridized carbons (Fsp3) is 0.688. The summed E-state index contributed by atoms with van der Waals surface area (Å²) in [5.74, 6) is 0.914. The van der Waals surface area contributed by atoms with Crippen LogP contribution in [0.5, 0.6) is 0 Å². The molecule has 28 heavy (non-hydrogen) atoms. The maximum atomic E-state index is 12.5. The molecule has 2 fully saturated rings. The molecule has 0 aliphatic carbocycles. The Morgan fingerprint density at radius 2 is 2.11 bits per heavy atom. The molecule has 1 aromatic rings. The van der Waals surface area contributed by atoms with Gasteiger partial charge in [0.05, 0.1) is 18.1 Å². The Balaban J connectivity index is 0.00000280. The number of aromatic nitrogens is 2. The van der Waals surface area contributed by atoms with Gasteiger partial charge >= 0.3 is 0 Å². The number of nitrogens with one attached hydrogen (secondary N) is 1. The van der Waals surface area contributed by atoms with E-state index >= 15 is 0 Å². The van der Waals surface area contributed by atoms with E-state index in [1.165, 1.54) is 10.6 Å². The number of hydrogen-bond donors (Lipinski definition) is 1. The van der Waals surface area contributed by atoms with Gasteiger partial charge in [-0.05, 0) is 12.3 Å². The van der Waals surface area contributed by atoms with Crippen molar-refractivity contribution in [2.75, 3.05) is 57.5 Å². The van der Waals surface area contributed by atoms with Gasteiger partial charge in [0, 0.05) is 53.0 Å². The number of carbonyl (C=O) groups excluding carboxylic acids is 1. The smallest absolute Gasteiger partial charge is 0.246 e. The zero-order chi connectivity index (χ0) is 19.6. The van der Waals surface area contributed by atoms with Crippen molar-refractivity contribution in [3.63, 3.8) is 0 Å². The lowest BCUT2D eigenvalue weighted by Gasteiger charge is -2.35. The SMILES string of the molecule is CN=C(NCC1CCN(S(C)(=O)=O)C1)N1CCN(c2cnn(C)c2)C(=O)C1.I. The molecule has 12 heteroatoms. The summed E-state index contributed by atoms with van der Waals surface area (Å²) in [6.45, 7) is 3.20. The number of nitrogens with zero attached hydrogens (tertiary/aromatic N) is 6. The highest BCUT2D eigenvalue weighted by Gasteiger charge is 2.30. The molecule has 0 bridgehead atoms. The van der Waals surface area contributed by atoms with Gasteiger partial charge < -0.3 is 15.1 Å². The zero-order valence-corrected chi connectivity index (χ0v) is 19.6. The molecule has 0 aromatic carbocycles. The van der Waals surface area contributed by atoms with Crippen LogP contribution in [-0.4, -0.2) is 91.8 Å². The van der Waals surface area contributed by atoms with E-state index in [1.807, 2.05) is 18.1 Å². The van der Waals surface area contributed by atoms with Crippen LogP contribution in [0.15, 0.2) is 17.4 Å². The molecule has 1 atom stereocenters. The van der Waals surface area contributed by atoms with Gasteiger partial charge in [-0.2, -0.15) is 5.10 Å². The Kier molecular flexibility index (Phi) is 7.67. The lowest BCUT2D eigenvalue weighted by Crippen LogP contribution is -2.55. The minimum absolute atomic E-state index is 0. The second-order valence-corrected chi connectivity index (χ2v) is 9.03. The van der Waals surface area contributed by atoms with Crippen molar-refractivity contribution >= 4 is 51.6 Å². The first-order valence-corrected chi connectivity index (χ1v) is 10.8. The van der Waals surface area contributed by atoms with Crippen molar-refractivity contribution in [1.82, 2.24) is 24.3 Å². The van der Waals surface area contributed by atoms with Crippen LogP contribution in [0.1, 0.15) is 6.42 Å². The van der Waals surface area contributed by atoms with Gasteiger partial charge in [-0.25, -0.2) is 12.7 Å². The summed E-state index contributed by atoms with van der Waals surface area (Å²) in [6.07, 6.45) is 5.59. The predicted molar refractivity (Wildman–Crippen MR) is 118 cm³/mol. The van der Waals surface area contributed by atoms with Crippen molar-refractivity contribution in [2.24, 2.45) is 18.0 Å². The Morgan fingerprint density at radius 3 is 2.64 bits per heavy atom. The molecule has 1 aromatic heterocycles. The molecular formula is C16H28IN7O3S. The van der Waals surface area contributed by atoms with Gasteiger partial charge in [-0.15, -0.1) is 24.0 Å². The second-order valence-electron chi connectivity index (χ2n) is 7.04. The Bertz CT molecular complexity index is 826. The molecule has 1 N–H and O–H groups in total. The molecule has 2 saturated heterocycles. The topological polar surface area (TPSA) is 103 Å². The van der Waals surface area contributed by atoms with Crippen LogP contribution in [0.4, 0.5) is 5.69 Å². The normalized spacial score (nSPS) is 21.8. The number of piperazine rings is 1. The number of guanidine groups is 1. The van der Waals surface area contributed by atoms with Crippen LogP contribution in [0.3, 0.4) is 0 Å². The van der Waals surface area contributed by atoms with Crippen molar-refractivity contribution in [3.8, 4) is 0 Å².